The summed E-state index contributed by atoms with van der Waals surface area (Å²) in [6.07, 6.45) is -3.41. The molecular weight excluding hydrogens is 531 g/mol. The average molecular weight is 566 g/mol. The highest BCUT2D eigenvalue weighted by molar-refractivity contribution is 5.96. The molecule has 2 heterocycles. The Morgan fingerprint density at radius 3 is 2.52 bits per heavy atom. The number of allylic oxidation sites excluding steroid dienone is 1. The summed E-state index contributed by atoms with van der Waals surface area (Å²) in [5.74, 6) is -4.91. The molecule has 0 radical (unpaired) electrons. The Kier molecular flexibility index (Phi) is 5.58. The van der Waals surface area contributed by atoms with Crippen LogP contribution in [0.3, 0.4) is 0 Å². The zero-order valence-electron chi connectivity index (χ0n) is 23.5. The van der Waals surface area contributed by atoms with Crippen molar-refractivity contribution < 1.29 is 46.6 Å². The molecule has 6 rings (SSSR count). The second-order valence-corrected chi connectivity index (χ2v) is 13.2. The Bertz CT molecular complexity index is 1370. The lowest BCUT2D eigenvalue weighted by atomic mass is 9.59. The molecule has 1 aromatic rings. The van der Waals surface area contributed by atoms with E-state index in [4.69, 9.17) is 14.2 Å². The number of hydrogen-bond donors (Lipinski definition) is 1. The number of ether oxygens (including phenoxy) is 3. The van der Waals surface area contributed by atoms with Crippen molar-refractivity contribution in [3.63, 3.8) is 0 Å². The number of Topliss-reactive ketones (excluding diaryl/α,β-unsaturated/α-hetero) is 1. The lowest BCUT2D eigenvalue weighted by Crippen LogP contribution is -2.68. The van der Waals surface area contributed by atoms with E-state index in [1.807, 2.05) is 13.0 Å². The van der Waals surface area contributed by atoms with Crippen LogP contribution in [0.2, 0.25) is 0 Å². The number of nitrogens with zero attached hydrogens (tertiary/aromatic N) is 1. The van der Waals surface area contributed by atoms with Gasteiger partial charge in [0.1, 0.15) is 11.7 Å². The number of fused-ring (bicyclic) bond motifs is 5. The summed E-state index contributed by atoms with van der Waals surface area (Å²) >= 11 is 0. The molecule has 3 fully saturated rings. The third-order valence-electron chi connectivity index (χ3n) is 10.2. The van der Waals surface area contributed by atoms with Crippen molar-refractivity contribution in [1.29, 1.82) is 0 Å². The number of carbonyl (C=O) groups is 2. The molecule has 1 aliphatic heterocycles. The Morgan fingerprint density at radius 1 is 1.20 bits per heavy atom. The smallest absolute Gasteiger partial charge is 0.451 e. The summed E-state index contributed by atoms with van der Waals surface area (Å²) in [5.41, 5.74) is -3.99. The van der Waals surface area contributed by atoms with Crippen molar-refractivity contribution in [3.8, 4) is 0 Å². The Labute approximate surface area is 229 Å². The first kappa shape index (κ1) is 27.7. The van der Waals surface area contributed by atoms with Gasteiger partial charge in [0, 0.05) is 5.92 Å². The molecule has 5 aliphatic rings. The number of halogens is 3. The van der Waals surface area contributed by atoms with Gasteiger partial charge in [-0.05, 0) is 68.4 Å². The fourth-order valence-electron chi connectivity index (χ4n) is 8.27. The van der Waals surface area contributed by atoms with Crippen molar-refractivity contribution in [3.05, 3.63) is 40.3 Å². The normalized spacial score (nSPS) is 41.0. The van der Waals surface area contributed by atoms with Crippen LogP contribution in [-0.4, -0.2) is 52.2 Å². The minimum atomic E-state index is -4.99. The zero-order chi connectivity index (χ0) is 29.4. The van der Waals surface area contributed by atoms with Crippen LogP contribution in [0.4, 0.5) is 13.2 Å². The molecular formula is C29H34F3NO7. The molecule has 11 heteroatoms. The van der Waals surface area contributed by atoms with Crippen molar-refractivity contribution in [1.82, 2.24) is 5.16 Å². The van der Waals surface area contributed by atoms with E-state index in [1.165, 1.54) is 6.92 Å². The molecule has 2 saturated carbocycles. The Morgan fingerprint density at radius 2 is 1.88 bits per heavy atom. The standard InChI is InChI=1S/C29H34F3NO7/c1-12-10-27-13(2)8-17-19(25(17,4)5)16(20(27)34)9-15-11-37-26(6,7)39-22(15)28(27,36)21(12)38-24(35)18-14(3)33-40-23(18)29(30,31)32/h9-10,13,16-17,19,21-22,36H,8,11H2,1-7H3/t13-,16+,17-,19+,21+,22-,27+,28-/m1/s1. The van der Waals surface area contributed by atoms with Crippen LogP contribution in [0.1, 0.15) is 69.8 Å². The third-order valence-corrected chi connectivity index (χ3v) is 10.2. The van der Waals surface area contributed by atoms with Crippen LogP contribution >= 0.6 is 0 Å². The number of alkyl halides is 3. The summed E-state index contributed by atoms with van der Waals surface area (Å²) in [4.78, 5) is 28.1. The van der Waals surface area contributed by atoms with Gasteiger partial charge < -0.3 is 23.8 Å². The van der Waals surface area contributed by atoms with E-state index in [-0.39, 0.29) is 41.3 Å². The maximum Gasteiger partial charge on any atom is 0.453 e. The molecule has 1 spiro atoms. The molecule has 1 N–H and O–H groups in total. The van der Waals surface area contributed by atoms with E-state index in [9.17, 15) is 27.9 Å². The SMILES string of the molecule is CC1=C[C@]23C(=O)[C@@H](C=C4COC(C)(C)O[C@H]4[C@]2(O)[C@H]1OC(=O)c1c(C)noc1C(F)(F)F)[C@H]1[C@@H](C[C@H]3C)C1(C)C. The molecule has 0 unspecified atom stereocenters. The number of hydrogen-bond acceptors (Lipinski definition) is 8. The van der Waals surface area contributed by atoms with Crippen LogP contribution in [0.15, 0.2) is 27.8 Å². The third kappa shape index (κ3) is 3.40. The largest absolute Gasteiger partial charge is 0.453 e. The second-order valence-electron chi connectivity index (χ2n) is 13.2. The maximum atomic E-state index is 14.7. The first-order valence-corrected chi connectivity index (χ1v) is 13.6. The summed E-state index contributed by atoms with van der Waals surface area (Å²) < 4.78 is 63.4. The summed E-state index contributed by atoms with van der Waals surface area (Å²) in [5, 5.41) is 16.3. The van der Waals surface area contributed by atoms with Crippen LogP contribution in [0.25, 0.3) is 0 Å². The van der Waals surface area contributed by atoms with Gasteiger partial charge in [0.25, 0.3) is 5.76 Å². The second kappa shape index (κ2) is 8.07. The predicted octanol–water partition coefficient (Wildman–Crippen LogP) is 4.79. The highest BCUT2D eigenvalue weighted by atomic mass is 19.4. The first-order valence-electron chi connectivity index (χ1n) is 13.6. The van der Waals surface area contributed by atoms with Gasteiger partial charge in [0.05, 0.1) is 17.7 Å². The van der Waals surface area contributed by atoms with Crippen LogP contribution in [0.5, 0.6) is 0 Å². The summed E-state index contributed by atoms with van der Waals surface area (Å²) in [6, 6.07) is 0. The van der Waals surface area contributed by atoms with E-state index in [0.717, 1.165) is 0 Å². The molecule has 0 amide bonds. The number of esters is 1. The highest BCUT2D eigenvalue weighted by Crippen LogP contribution is 2.72. The van der Waals surface area contributed by atoms with Gasteiger partial charge in [0.15, 0.2) is 23.3 Å². The molecule has 4 aliphatic carbocycles. The van der Waals surface area contributed by atoms with Gasteiger partial charge >= 0.3 is 12.1 Å². The molecule has 40 heavy (non-hydrogen) atoms. The fraction of sp³-hybridized carbons (Fsp3) is 0.690. The van der Waals surface area contributed by atoms with Crippen molar-refractivity contribution in [2.75, 3.05) is 6.61 Å². The van der Waals surface area contributed by atoms with Crippen LogP contribution in [-0.2, 0) is 25.2 Å². The lowest BCUT2D eigenvalue weighted by Gasteiger charge is -2.52. The molecule has 218 valence electrons. The number of aryl methyl sites for hydroxylation is 1. The van der Waals surface area contributed by atoms with E-state index in [0.29, 0.717) is 17.6 Å². The topological polar surface area (TPSA) is 108 Å². The Hall–Kier alpha value is -2.50. The zero-order valence-corrected chi connectivity index (χ0v) is 23.5. The summed E-state index contributed by atoms with van der Waals surface area (Å²) in [7, 11) is 0. The van der Waals surface area contributed by atoms with Gasteiger partial charge in [-0.3, -0.25) is 4.79 Å². The molecule has 1 aromatic heterocycles. The first-order chi connectivity index (χ1) is 18.4. The van der Waals surface area contributed by atoms with Gasteiger partial charge in [-0.15, -0.1) is 0 Å². The van der Waals surface area contributed by atoms with Crippen LogP contribution in [0, 0.1) is 41.4 Å². The maximum absolute atomic E-state index is 14.7. The number of aromatic nitrogens is 1. The minimum Gasteiger partial charge on any atom is -0.451 e. The number of ketones is 1. The quantitative estimate of drug-likeness (QED) is 0.403. The number of rotatable bonds is 2. The molecule has 0 aromatic carbocycles. The number of aliphatic hydroxyl groups is 1. The predicted molar refractivity (Wildman–Crippen MR) is 133 cm³/mol. The van der Waals surface area contributed by atoms with Gasteiger partial charge in [0.2, 0.25) is 0 Å². The fourth-order valence-corrected chi connectivity index (χ4v) is 8.27. The van der Waals surface area contributed by atoms with E-state index >= 15 is 0 Å². The van der Waals surface area contributed by atoms with Gasteiger partial charge in [-0.25, -0.2) is 4.79 Å². The minimum absolute atomic E-state index is 0.0524. The van der Waals surface area contributed by atoms with E-state index < -0.39 is 58.4 Å². The van der Waals surface area contributed by atoms with E-state index in [1.54, 1.807) is 26.8 Å². The monoisotopic (exact) mass is 565 g/mol. The molecule has 8 nitrogen and oxygen atoms in total. The molecule has 2 bridgehead atoms. The summed E-state index contributed by atoms with van der Waals surface area (Å²) in [6.45, 7) is 12.5. The van der Waals surface area contributed by atoms with Gasteiger partial charge in [-0.1, -0.05) is 38.1 Å². The van der Waals surface area contributed by atoms with Crippen molar-refractivity contribution in [2.24, 2.45) is 34.5 Å². The van der Waals surface area contributed by atoms with Crippen molar-refractivity contribution >= 4 is 11.8 Å². The average Bonchev–Trinajstić information content (AvgIpc) is 3.10. The van der Waals surface area contributed by atoms with Crippen molar-refractivity contribution in [2.45, 2.75) is 84.7 Å². The lowest BCUT2D eigenvalue weighted by molar-refractivity contribution is -0.302. The number of carbonyl (C=O) groups excluding carboxylic acids is 2. The van der Waals surface area contributed by atoms with Crippen LogP contribution < -0.4 is 0 Å². The molecule has 8 atom stereocenters. The molecule has 1 saturated heterocycles. The highest BCUT2D eigenvalue weighted by Gasteiger charge is 2.77. The Balaban J connectivity index is 1.51. The van der Waals surface area contributed by atoms with Gasteiger partial charge in [-0.2, -0.15) is 13.2 Å². The van der Waals surface area contributed by atoms with E-state index in [2.05, 4.69) is 23.5 Å².